The van der Waals surface area contributed by atoms with Gasteiger partial charge in [-0.2, -0.15) is 0 Å². The van der Waals surface area contributed by atoms with E-state index in [0.717, 1.165) is 6.42 Å². The van der Waals surface area contributed by atoms with Crippen LogP contribution in [0.15, 0.2) is 24.3 Å². The molecule has 0 fully saturated rings. The van der Waals surface area contributed by atoms with Gasteiger partial charge in [0.15, 0.2) is 0 Å². The number of hydrogen-bond acceptors (Lipinski definition) is 3. The Morgan fingerprint density at radius 2 is 2.00 bits per heavy atom. The van der Waals surface area contributed by atoms with Crippen molar-refractivity contribution in [3.8, 4) is 5.75 Å². The third-order valence-electron chi connectivity index (χ3n) is 2.83. The first-order valence-corrected chi connectivity index (χ1v) is 6.70. The average Bonchev–Trinajstić information content (AvgIpc) is 2.39. The zero-order valence-electron chi connectivity index (χ0n) is 12.2. The Balaban J connectivity index is 0.00000441. The molecule has 1 aromatic carbocycles. The van der Waals surface area contributed by atoms with E-state index in [2.05, 4.69) is 10.1 Å². The smallest absolute Gasteiger partial charge is 0.406 e. The zero-order chi connectivity index (χ0) is 15.9. The van der Waals surface area contributed by atoms with Gasteiger partial charge in [0.1, 0.15) is 5.75 Å². The monoisotopic (exact) mass is 340 g/mol. The maximum absolute atomic E-state index is 12.3. The van der Waals surface area contributed by atoms with Crippen LogP contribution >= 0.6 is 12.4 Å². The summed E-state index contributed by atoms with van der Waals surface area (Å²) in [6.45, 7) is 2.12. The van der Waals surface area contributed by atoms with E-state index in [-0.39, 0.29) is 37.0 Å². The molecule has 1 atom stereocenters. The van der Waals surface area contributed by atoms with E-state index in [4.69, 9.17) is 5.73 Å². The summed E-state index contributed by atoms with van der Waals surface area (Å²) < 4.78 is 40.7. The molecule has 0 aliphatic rings. The van der Waals surface area contributed by atoms with E-state index in [1.165, 1.54) is 18.2 Å². The minimum absolute atomic E-state index is 0. The molecule has 0 saturated carbocycles. The number of benzene rings is 1. The lowest BCUT2D eigenvalue weighted by molar-refractivity contribution is -0.274. The van der Waals surface area contributed by atoms with Gasteiger partial charge in [-0.05, 0) is 24.5 Å². The van der Waals surface area contributed by atoms with Crippen LogP contribution in [-0.4, -0.2) is 24.9 Å². The van der Waals surface area contributed by atoms with Gasteiger partial charge in [0.2, 0.25) is 5.91 Å². The summed E-state index contributed by atoms with van der Waals surface area (Å²) in [6.07, 6.45) is -3.14. The first kappa shape index (κ1) is 20.5. The van der Waals surface area contributed by atoms with Crippen LogP contribution in [0.4, 0.5) is 13.2 Å². The number of nitrogens with two attached hydrogens (primary N) is 1. The lowest BCUT2D eigenvalue weighted by atomic mass is 10.1. The first-order valence-electron chi connectivity index (χ1n) is 6.70. The molecule has 0 heterocycles. The fourth-order valence-corrected chi connectivity index (χ4v) is 1.83. The highest BCUT2D eigenvalue weighted by Crippen LogP contribution is 2.26. The fourth-order valence-electron chi connectivity index (χ4n) is 1.83. The minimum atomic E-state index is -4.73. The van der Waals surface area contributed by atoms with Crippen LogP contribution in [0.2, 0.25) is 0 Å². The molecule has 0 bridgehead atoms. The molecule has 0 radical (unpaired) electrons. The molecule has 1 aromatic rings. The number of halogens is 4. The third-order valence-corrected chi connectivity index (χ3v) is 2.83. The van der Waals surface area contributed by atoms with Gasteiger partial charge in [-0.25, -0.2) is 0 Å². The molecular formula is C14H20ClF3N2O2. The van der Waals surface area contributed by atoms with Crippen molar-refractivity contribution in [1.82, 2.24) is 5.32 Å². The number of rotatable bonds is 7. The van der Waals surface area contributed by atoms with Gasteiger partial charge in [0.05, 0.1) is 6.04 Å². The summed E-state index contributed by atoms with van der Waals surface area (Å²) in [5.74, 6) is -0.553. The standard InChI is InChI=1S/C14H19F3N2O2.ClH/c1-2-5-11(18)13(20)19-9-8-10-6-3-4-7-12(10)21-14(15,16)17;/h3-4,6-7,11H,2,5,8-9,18H2,1H3,(H,19,20);1H. The number of amides is 1. The summed E-state index contributed by atoms with van der Waals surface area (Å²) in [4.78, 5) is 11.6. The largest absolute Gasteiger partial charge is 0.573 e. The van der Waals surface area contributed by atoms with Crippen molar-refractivity contribution >= 4 is 18.3 Å². The molecule has 3 N–H and O–H groups in total. The summed E-state index contributed by atoms with van der Waals surface area (Å²) in [5.41, 5.74) is 6.01. The van der Waals surface area contributed by atoms with Crippen LogP contribution in [0, 0.1) is 0 Å². The predicted molar refractivity (Wildman–Crippen MR) is 80.0 cm³/mol. The molecule has 0 aliphatic heterocycles. The van der Waals surface area contributed by atoms with Gasteiger partial charge < -0.3 is 15.8 Å². The Morgan fingerprint density at radius 1 is 1.36 bits per heavy atom. The Hall–Kier alpha value is -1.47. The predicted octanol–water partition coefficient (Wildman–Crippen LogP) is 2.79. The van der Waals surface area contributed by atoms with Crippen LogP contribution in [-0.2, 0) is 11.2 Å². The van der Waals surface area contributed by atoms with Gasteiger partial charge in [0, 0.05) is 6.54 Å². The van der Waals surface area contributed by atoms with Crippen molar-refractivity contribution in [2.24, 2.45) is 5.73 Å². The van der Waals surface area contributed by atoms with Gasteiger partial charge in [-0.3, -0.25) is 4.79 Å². The summed E-state index contributed by atoms with van der Waals surface area (Å²) in [5, 5.41) is 2.61. The Kier molecular flexibility index (Phi) is 8.89. The quantitative estimate of drug-likeness (QED) is 0.802. The molecule has 4 nitrogen and oxygen atoms in total. The van der Waals surface area contributed by atoms with Gasteiger partial charge >= 0.3 is 6.36 Å². The number of ether oxygens (including phenoxy) is 1. The van der Waals surface area contributed by atoms with Crippen molar-refractivity contribution in [1.29, 1.82) is 0 Å². The molecule has 1 rings (SSSR count). The van der Waals surface area contributed by atoms with Crippen molar-refractivity contribution in [2.45, 2.75) is 38.6 Å². The van der Waals surface area contributed by atoms with Crippen molar-refractivity contribution in [2.75, 3.05) is 6.54 Å². The van der Waals surface area contributed by atoms with Gasteiger partial charge in [0.25, 0.3) is 0 Å². The van der Waals surface area contributed by atoms with Crippen LogP contribution in [0.3, 0.4) is 0 Å². The van der Waals surface area contributed by atoms with E-state index in [1.807, 2.05) is 6.92 Å². The number of carbonyl (C=O) groups is 1. The molecule has 0 aromatic heterocycles. The van der Waals surface area contributed by atoms with E-state index in [9.17, 15) is 18.0 Å². The molecule has 0 spiro atoms. The lowest BCUT2D eigenvalue weighted by Gasteiger charge is -2.14. The number of nitrogens with one attached hydrogen (secondary N) is 1. The van der Waals surface area contributed by atoms with Crippen LogP contribution in [0.5, 0.6) is 5.75 Å². The molecule has 22 heavy (non-hydrogen) atoms. The van der Waals surface area contributed by atoms with E-state index < -0.39 is 12.4 Å². The Morgan fingerprint density at radius 3 is 2.59 bits per heavy atom. The van der Waals surface area contributed by atoms with Crippen LogP contribution in [0.25, 0.3) is 0 Å². The summed E-state index contributed by atoms with van der Waals surface area (Å²) >= 11 is 0. The number of alkyl halides is 3. The first-order chi connectivity index (χ1) is 9.83. The highest BCUT2D eigenvalue weighted by molar-refractivity contribution is 5.85. The summed E-state index contributed by atoms with van der Waals surface area (Å²) in [7, 11) is 0. The minimum Gasteiger partial charge on any atom is -0.406 e. The highest BCUT2D eigenvalue weighted by atomic mass is 35.5. The van der Waals surface area contributed by atoms with E-state index in [1.54, 1.807) is 6.07 Å². The fraction of sp³-hybridized carbons (Fsp3) is 0.500. The van der Waals surface area contributed by atoms with E-state index in [0.29, 0.717) is 12.0 Å². The number of hydrogen-bond donors (Lipinski definition) is 2. The SMILES string of the molecule is CCCC(N)C(=O)NCCc1ccccc1OC(F)(F)F.Cl. The zero-order valence-corrected chi connectivity index (χ0v) is 13.0. The molecule has 1 amide bonds. The highest BCUT2D eigenvalue weighted by Gasteiger charge is 2.31. The van der Waals surface area contributed by atoms with Crippen molar-refractivity contribution in [3.63, 3.8) is 0 Å². The number of carbonyl (C=O) groups excluding carboxylic acids is 1. The molecule has 8 heteroatoms. The van der Waals surface area contributed by atoms with Crippen LogP contribution < -0.4 is 15.8 Å². The second-order valence-electron chi connectivity index (χ2n) is 4.59. The number of para-hydroxylation sites is 1. The molecule has 0 saturated heterocycles. The summed E-state index contributed by atoms with van der Waals surface area (Å²) in [6, 6.07) is 5.26. The Bertz CT molecular complexity index is 470. The maximum atomic E-state index is 12.3. The topological polar surface area (TPSA) is 64.4 Å². The molecular weight excluding hydrogens is 321 g/mol. The van der Waals surface area contributed by atoms with Gasteiger partial charge in [-0.1, -0.05) is 31.5 Å². The van der Waals surface area contributed by atoms with Crippen molar-refractivity contribution < 1.29 is 22.7 Å². The second kappa shape index (κ2) is 9.53. The molecule has 0 aliphatic carbocycles. The lowest BCUT2D eigenvalue weighted by Crippen LogP contribution is -2.41. The van der Waals surface area contributed by atoms with Crippen LogP contribution in [0.1, 0.15) is 25.3 Å². The normalized spacial score (nSPS) is 12.2. The van der Waals surface area contributed by atoms with Gasteiger partial charge in [-0.15, -0.1) is 25.6 Å². The molecule has 1 unspecified atom stereocenters. The van der Waals surface area contributed by atoms with Crippen molar-refractivity contribution in [3.05, 3.63) is 29.8 Å². The maximum Gasteiger partial charge on any atom is 0.573 e. The Labute approximate surface area is 133 Å². The third kappa shape index (κ3) is 7.51. The average molecular weight is 341 g/mol. The molecule has 126 valence electrons. The van der Waals surface area contributed by atoms with E-state index >= 15 is 0 Å². The second-order valence-corrected chi connectivity index (χ2v) is 4.59.